The Morgan fingerprint density at radius 2 is 1.67 bits per heavy atom. The molecule has 0 radical (unpaired) electrons. The fraction of sp³-hybridized carbons (Fsp3) is 0.0455. The van der Waals surface area contributed by atoms with Crippen LogP contribution in [0.15, 0.2) is 90.0 Å². The van der Waals surface area contributed by atoms with E-state index in [2.05, 4.69) is 10.3 Å². The van der Waals surface area contributed by atoms with E-state index in [1.54, 1.807) is 24.4 Å². The lowest BCUT2D eigenvalue weighted by Crippen LogP contribution is -2.26. The van der Waals surface area contributed by atoms with Crippen LogP contribution in [0, 0.1) is 0 Å². The molecular formula is C22H17N3O2. The van der Waals surface area contributed by atoms with Crippen molar-refractivity contribution in [2.75, 3.05) is 5.32 Å². The Morgan fingerprint density at radius 1 is 0.926 bits per heavy atom. The zero-order valence-electron chi connectivity index (χ0n) is 14.5. The summed E-state index contributed by atoms with van der Waals surface area (Å²) in [6.07, 6.45) is 3.61. The molecule has 5 heteroatoms. The maximum atomic E-state index is 12.7. The van der Waals surface area contributed by atoms with Crippen LogP contribution in [0.5, 0.6) is 0 Å². The van der Waals surface area contributed by atoms with Crippen molar-refractivity contribution in [2.24, 2.45) is 0 Å². The highest BCUT2D eigenvalue weighted by Crippen LogP contribution is 2.19. The number of carbonyl (C=O) groups excluding carboxylic acids is 1. The van der Waals surface area contributed by atoms with Gasteiger partial charge in [0.1, 0.15) is 11.2 Å². The molecule has 4 rings (SSSR count). The monoisotopic (exact) mass is 355 g/mol. The molecule has 0 fully saturated rings. The second kappa shape index (κ2) is 7.25. The minimum Gasteiger partial charge on any atom is -0.322 e. The largest absolute Gasteiger partial charge is 0.322 e. The van der Waals surface area contributed by atoms with Crippen molar-refractivity contribution in [3.8, 4) is 0 Å². The minimum absolute atomic E-state index is 0.00761. The van der Waals surface area contributed by atoms with Gasteiger partial charge in [-0.3, -0.25) is 14.0 Å². The van der Waals surface area contributed by atoms with Crippen LogP contribution in [0.25, 0.3) is 5.65 Å². The molecule has 0 bridgehead atoms. The van der Waals surface area contributed by atoms with Crippen LogP contribution < -0.4 is 10.9 Å². The number of hydrogen-bond donors (Lipinski definition) is 1. The van der Waals surface area contributed by atoms with E-state index < -0.39 is 11.5 Å². The topological polar surface area (TPSA) is 63.5 Å². The van der Waals surface area contributed by atoms with Crippen molar-refractivity contribution < 1.29 is 4.79 Å². The Hall–Kier alpha value is -3.73. The lowest BCUT2D eigenvalue weighted by Gasteiger charge is -2.11. The van der Waals surface area contributed by atoms with Gasteiger partial charge in [-0.15, -0.1) is 0 Å². The zero-order chi connectivity index (χ0) is 18.6. The number of rotatable bonds is 4. The SMILES string of the molecule is O=C(Nc1ccccc1Cc1ccccc1)c1cnc2ccccn2c1=O. The smallest absolute Gasteiger partial charge is 0.270 e. The van der Waals surface area contributed by atoms with Crippen molar-refractivity contribution in [2.45, 2.75) is 6.42 Å². The average Bonchev–Trinajstić information content (AvgIpc) is 2.71. The van der Waals surface area contributed by atoms with Crippen molar-refractivity contribution in [1.82, 2.24) is 9.38 Å². The molecule has 0 spiro atoms. The number of benzene rings is 2. The van der Waals surface area contributed by atoms with E-state index in [0.29, 0.717) is 17.8 Å². The van der Waals surface area contributed by atoms with E-state index in [1.807, 2.05) is 54.6 Å². The maximum absolute atomic E-state index is 12.7. The predicted octanol–water partition coefficient (Wildman–Crippen LogP) is 3.54. The van der Waals surface area contributed by atoms with Gasteiger partial charge in [0.25, 0.3) is 11.5 Å². The highest BCUT2D eigenvalue weighted by molar-refractivity contribution is 6.04. The molecule has 2 aromatic heterocycles. The molecule has 132 valence electrons. The summed E-state index contributed by atoms with van der Waals surface area (Å²) in [6, 6.07) is 22.9. The fourth-order valence-corrected chi connectivity index (χ4v) is 2.98. The number of hydrogen-bond acceptors (Lipinski definition) is 3. The van der Waals surface area contributed by atoms with Gasteiger partial charge in [-0.05, 0) is 35.7 Å². The molecule has 1 amide bonds. The van der Waals surface area contributed by atoms with Gasteiger partial charge in [0.2, 0.25) is 0 Å². The van der Waals surface area contributed by atoms with Gasteiger partial charge in [0.05, 0.1) is 0 Å². The number of aromatic nitrogens is 2. The second-order valence-corrected chi connectivity index (χ2v) is 6.18. The van der Waals surface area contributed by atoms with Crippen molar-refractivity contribution in [1.29, 1.82) is 0 Å². The molecule has 2 aromatic carbocycles. The first-order valence-electron chi connectivity index (χ1n) is 8.62. The number of carbonyl (C=O) groups is 1. The lowest BCUT2D eigenvalue weighted by molar-refractivity contribution is 0.102. The number of pyridine rings is 1. The summed E-state index contributed by atoms with van der Waals surface area (Å²) < 4.78 is 1.37. The quantitative estimate of drug-likeness (QED) is 0.609. The Balaban J connectivity index is 1.64. The number of anilines is 1. The van der Waals surface area contributed by atoms with E-state index >= 15 is 0 Å². The highest BCUT2D eigenvalue weighted by atomic mass is 16.2. The van der Waals surface area contributed by atoms with Crippen LogP contribution in [0.2, 0.25) is 0 Å². The summed E-state index contributed by atoms with van der Waals surface area (Å²) >= 11 is 0. The van der Waals surface area contributed by atoms with Gasteiger partial charge < -0.3 is 5.32 Å². The first kappa shape index (κ1) is 16.7. The Labute approximate surface area is 155 Å². The van der Waals surface area contributed by atoms with E-state index in [4.69, 9.17) is 0 Å². The van der Waals surface area contributed by atoms with Gasteiger partial charge >= 0.3 is 0 Å². The first-order chi connectivity index (χ1) is 13.2. The summed E-state index contributed by atoms with van der Waals surface area (Å²) in [4.78, 5) is 29.5. The first-order valence-corrected chi connectivity index (χ1v) is 8.62. The standard InChI is InChI=1S/C22H17N3O2/c26-21(18-15-23-20-12-6-7-13-25(20)22(18)27)24-19-11-5-4-10-17(19)14-16-8-2-1-3-9-16/h1-13,15H,14H2,(H,24,26). The molecule has 0 saturated heterocycles. The number of para-hydroxylation sites is 1. The van der Waals surface area contributed by atoms with Crippen molar-refractivity contribution in [3.05, 3.63) is 112 Å². The highest BCUT2D eigenvalue weighted by Gasteiger charge is 2.15. The molecule has 0 saturated carbocycles. The van der Waals surface area contributed by atoms with Crippen LogP contribution in [-0.4, -0.2) is 15.3 Å². The second-order valence-electron chi connectivity index (χ2n) is 6.18. The number of amides is 1. The molecular weight excluding hydrogens is 338 g/mol. The lowest BCUT2D eigenvalue weighted by atomic mass is 10.0. The molecule has 27 heavy (non-hydrogen) atoms. The van der Waals surface area contributed by atoms with E-state index in [1.165, 1.54) is 10.6 Å². The average molecular weight is 355 g/mol. The minimum atomic E-state index is -0.466. The van der Waals surface area contributed by atoms with Gasteiger partial charge in [0, 0.05) is 18.1 Å². The zero-order valence-corrected chi connectivity index (χ0v) is 14.5. The molecule has 0 atom stereocenters. The summed E-state index contributed by atoms with van der Waals surface area (Å²) in [7, 11) is 0. The molecule has 2 heterocycles. The third kappa shape index (κ3) is 3.48. The number of fused-ring (bicyclic) bond motifs is 1. The van der Waals surface area contributed by atoms with Crippen LogP contribution in [0.4, 0.5) is 5.69 Å². The van der Waals surface area contributed by atoms with Crippen molar-refractivity contribution >= 4 is 17.2 Å². The third-order valence-corrected chi connectivity index (χ3v) is 4.36. The Morgan fingerprint density at radius 3 is 2.52 bits per heavy atom. The molecule has 0 aliphatic carbocycles. The summed E-state index contributed by atoms with van der Waals surface area (Å²) in [5, 5.41) is 2.86. The summed E-state index contributed by atoms with van der Waals surface area (Å²) in [6.45, 7) is 0. The molecule has 0 aliphatic heterocycles. The van der Waals surface area contributed by atoms with Crippen LogP contribution >= 0.6 is 0 Å². The molecule has 0 aliphatic rings. The molecule has 0 unspecified atom stereocenters. The maximum Gasteiger partial charge on any atom is 0.270 e. The normalized spacial score (nSPS) is 10.7. The third-order valence-electron chi connectivity index (χ3n) is 4.36. The van der Waals surface area contributed by atoms with Gasteiger partial charge in [-0.2, -0.15) is 0 Å². The van der Waals surface area contributed by atoms with Gasteiger partial charge in [-0.1, -0.05) is 54.6 Å². The van der Waals surface area contributed by atoms with Gasteiger partial charge in [0.15, 0.2) is 0 Å². The Bertz CT molecular complexity index is 1170. The molecule has 5 nitrogen and oxygen atoms in total. The summed E-state index contributed by atoms with van der Waals surface area (Å²) in [5.41, 5.74) is 2.93. The Kier molecular flexibility index (Phi) is 4.49. The predicted molar refractivity (Wildman–Crippen MR) is 105 cm³/mol. The van der Waals surface area contributed by atoms with Crippen molar-refractivity contribution in [3.63, 3.8) is 0 Å². The van der Waals surface area contributed by atoms with E-state index in [-0.39, 0.29) is 5.56 Å². The number of nitrogens with one attached hydrogen (secondary N) is 1. The van der Waals surface area contributed by atoms with E-state index in [0.717, 1.165) is 11.1 Å². The van der Waals surface area contributed by atoms with Crippen LogP contribution in [0.1, 0.15) is 21.5 Å². The fourth-order valence-electron chi connectivity index (χ4n) is 2.98. The van der Waals surface area contributed by atoms with E-state index in [9.17, 15) is 9.59 Å². The van der Waals surface area contributed by atoms with Crippen LogP contribution in [0.3, 0.4) is 0 Å². The summed E-state index contributed by atoms with van der Waals surface area (Å²) in [5.74, 6) is -0.466. The van der Waals surface area contributed by atoms with Gasteiger partial charge in [-0.25, -0.2) is 4.98 Å². The molecule has 1 N–H and O–H groups in total. The van der Waals surface area contributed by atoms with Crippen LogP contribution in [-0.2, 0) is 6.42 Å². The number of nitrogens with zero attached hydrogens (tertiary/aromatic N) is 2. The molecule has 4 aromatic rings.